The van der Waals surface area contributed by atoms with Gasteiger partial charge < -0.3 is 9.64 Å². The zero-order chi connectivity index (χ0) is 17.4. The second-order valence-electron chi connectivity index (χ2n) is 7.52. The summed E-state index contributed by atoms with van der Waals surface area (Å²) in [5.41, 5.74) is 1.26. The largest absolute Gasteiger partial charge is 0.496 e. The number of carbonyl (C=O) groups is 1. The van der Waals surface area contributed by atoms with Crippen LogP contribution >= 0.6 is 0 Å². The van der Waals surface area contributed by atoms with Crippen molar-refractivity contribution in [2.45, 2.75) is 44.2 Å². The summed E-state index contributed by atoms with van der Waals surface area (Å²) < 4.78 is 5.65. The van der Waals surface area contributed by atoms with Crippen LogP contribution in [-0.4, -0.2) is 54.5 Å². The van der Waals surface area contributed by atoms with Crippen LogP contribution in [-0.2, 0) is 4.79 Å². The first-order chi connectivity index (χ1) is 12.2. The van der Waals surface area contributed by atoms with Gasteiger partial charge in [-0.15, -0.1) is 0 Å². The van der Waals surface area contributed by atoms with Crippen LogP contribution in [0, 0.1) is 5.92 Å². The zero-order valence-corrected chi connectivity index (χ0v) is 15.2. The number of fused-ring (bicyclic) bond motifs is 2. The van der Waals surface area contributed by atoms with E-state index in [9.17, 15) is 4.79 Å². The molecule has 4 aliphatic heterocycles. The van der Waals surface area contributed by atoms with Crippen LogP contribution in [0.2, 0.25) is 0 Å². The number of rotatable bonds is 4. The quantitative estimate of drug-likeness (QED) is 0.790. The molecule has 4 heterocycles. The molecule has 2 bridgehead atoms. The molecule has 0 N–H and O–H groups in total. The summed E-state index contributed by atoms with van der Waals surface area (Å²) >= 11 is 0. The van der Waals surface area contributed by atoms with E-state index in [4.69, 9.17) is 4.74 Å². The minimum atomic E-state index is 0.277. The zero-order valence-electron chi connectivity index (χ0n) is 15.2. The Kier molecular flexibility index (Phi) is 4.55. The molecule has 134 valence electrons. The Labute approximate surface area is 150 Å². The van der Waals surface area contributed by atoms with E-state index in [0.717, 1.165) is 12.3 Å². The molecule has 0 saturated carbocycles. The molecule has 4 heteroatoms. The number of likely N-dealkylation sites (tertiary alicyclic amines) is 1. The highest BCUT2D eigenvalue weighted by Gasteiger charge is 2.54. The van der Waals surface area contributed by atoms with Crippen LogP contribution < -0.4 is 4.74 Å². The first-order valence-corrected chi connectivity index (χ1v) is 9.52. The second kappa shape index (κ2) is 6.83. The van der Waals surface area contributed by atoms with Crippen LogP contribution in [0.1, 0.15) is 37.7 Å². The fraction of sp³-hybridized carbons (Fsp3) is 0.571. The molecule has 0 unspecified atom stereocenters. The van der Waals surface area contributed by atoms with E-state index in [1.165, 1.54) is 31.5 Å². The van der Waals surface area contributed by atoms with E-state index in [1.807, 2.05) is 31.2 Å². The summed E-state index contributed by atoms with van der Waals surface area (Å²) in [6, 6.07) is 9.16. The van der Waals surface area contributed by atoms with Crippen molar-refractivity contribution >= 4 is 5.91 Å². The monoisotopic (exact) mass is 340 g/mol. The number of hydrogen-bond acceptors (Lipinski definition) is 3. The predicted molar refractivity (Wildman–Crippen MR) is 98.8 cm³/mol. The maximum absolute atomic E-state index is 12.9. The Morgan fingerprint density at radius 3 is 2.72 bits per heavy atom. The third-order valence-electron chi connectivity index (χ3n) is 6.38. The Hall–Kier alpha value is -1.81. The molecule has 1 amide bonds. The van der Waals surface area contributed by atoms with Crippen molar-refractivity contribution in [1.29, 1.82) is 0 Å². The molecular formula is C21H28N2O2. The number of ether oxygens (including phenoxy) is 1. The number of methoxy groups -OCH3 is 1. The Balaban J connectivity index is 1.69. The van der Waals surface area contributed by atoms with E-state index in [-0.39, 0.29) is 5.91 Å². The van der Waals surface area contributed by atoms with Gasteiger partial charge in [-0.25, -0.2) is 0 Å². The number of hydrogen-bond donors (Lipinski definition) is 0. The first kappa shape index (κ1) is 16.6. The van der Waals surface area contributed by atoms with Gasteiger partial charge in [-0.05, 0) is 44.8 Å². The van der Waals surface area contributed by atoms with E-state index >= 15 is 0 Å². The van der Waals surface area contributed by atoms with Crippen LogP contribution in [0.25, 0.3) is 0 Å². The lowest BCUT2D eigenvalue weighted by atomic mass is 9.75. The molecule has 0 aromatic heterocycles. The highest BCUT2D eigenvalue weighted by molar-refractivity contribution is 5.79. The molecule has 5 rings (SSSR count). The van der Waals surface area contributed by atoms with Gasteiger partial charge in [0.1, 0.15) is 5.75 Å². The van der Waals surface area contributed by atoms with Crippen molar-refractivity contribution in [3.05, 3.63) is 42.0 Å². The van der Waals surface area contributed by atoms with Gasteiger partial charge in [0.25, 0.3) is 0 Å². The summed E-state index contributed by atoms with van der Waals surface area (Å²) in [6.45, 7) is 5.15. The Morgan fingerprint density at radius 1 is 1.24 bits per heavy atom. The van der Waals surface area contributed by atoms with Crippen molar-refractivity contribution in [3.8, 4) is 5.75 Å². The van der Waals surface area contributed by atoms with Crippen molar-refractivity contribution < 1.29 is 9.53 Å². The van der Waals surface area contributed by atoms with Crippen molar-refractivity contribution in [3.63, 3.8) is 0 Å². The third kappa shape index (κ3) is 2.77. The van der Waals surface area contributed by atoms with Crippen molar-refractivity contribution in [1.82, 2.24) is 9.80 Å². The fourth-order valence-electron chi connectivity index (χ4n) is 5.29. The van der Waals surface area contributed by atoms with Crippen molar-refractivity contribution in [2.75, 3.05) is 26.7 Å². The molecular weight excluding hydrogens is 312 g/mol. The lowest BCUT2D eigenvalue weighted by Crippen LogP contribution is -2.60. The maximum atomic E-state index is 12.9. The molecule has 4 nitrogen and oxygen atoms in total. The second-order valence-corrected chi connectivity index (χ2v) is 7.52. The van der Waals surface area contributed by atoms with Crippen LogP contribution in [0.3, 0.4) is 0 Å². The van der Waals surface area contributed by atoms with E-state index in [0.29, 0.717) is 30.3 Å². The molecule has 25 heavy (non-hydrogen) atoms. The molecule has 4 fully saturated rings. The number of piperidine rings is 3. The molecule has 1 aromatic rings. The molecule has 0 aliphatic carbocycles. The van der Waals surface area contributed by atoms with Gasteiger partial charge in [-0.1, -0.05) is 30.4 Å². The number of carbonyl (C=O) groups excluding carboxylic acids is 1. The van der Waals surface area contributed by atoms with Crippen LogP contribution in [0.15, 0.2) is 36.4 Å². The van der Waals surface area contributed by atoms with Crippen LogP contribution in [0.5, 0.6) is 5.75 Å². The van der Waals surface area contributed by atoms with Crippen LogP contribution in [0.4, 0.5) is 0 Å². The lowest BCUT2D eigenvalue weighted by molar-refractivity contribution is -0.135. The number of amides is 1. The summed E-state index contributed by atoms with van der Waals surface area (Å²) in [5.74, 6) is 2.24. The number of para-hydroxylation sites is 1. The molecule has 0 radical (unpaired) electrons. The Morgan fingerprint density at radius 2 is 2.00 bits per heavy atom. The standard InChI is InChI=1S/C21H28N2O2/c1-3-4-9-19(24)23-14-17(16-7-5-6-8-18(16)25-2)21-20(23)15-10-12-22(21)13-11-15/h3-8,15,17,20-21H,9-14H2,1-2H3/b4-3+/t17-,20-,21-/m1/s1. The van der Waals surface area contributed by atoms with Gasteiger partial charge in [0.15, 0.2) is 0 Å². The van der Waals surface area contributed by atoms with Gasteiger partial charge in [0.05, 0.1) is 13.2 Å². The first-order valence-electron chi connectivity index (χ1n) is 9.52. The maximum Gasteiger partial charge on any atom is 0.226 e. The summed E-state index contributed by atoms with van der Waals surface area (Å²) in [7, 11) is 1.74. The molecule has 0 spiro atoms. The average molecular weight is 340 g/mol. The third-order valence-corrected chi connectivity index (χ3v) is 6.38. The fourth-order valence-corrected chi connectivity index (χ4v) is 5.29. The number of benzene rings is 1. The van der Waals surface area contributed by atoms with Gasteiger partial charge in [0.2, 0.25) is 5.91 Å². The lowest BCUT2D eigenvalue weighted by Gasteiger charge is -2.51. The number of nitrogens with zero attached hydrogens (tertiary/aromatic N) is 2. The van der Waals surface area contributed by atoms with Gasteiger partial charge in [0, 0.05) is 30.5 Å². The normalized spacial score (nSPS) is 33.7. The predicted octanol–water partition coefficient (Wildman–Crippen LogP) is 3.05. The summed E-state index contributed by atoms with van der Waals surface area (Å²) in [4.78, 5) is 17.7. The SMILES string of the molecule is C/C=C/CC(=O)N1C[C@H](c2ccccc2OC)[C@@H]2[C@H]1C1CCN2CC1. The van der Waals surface area contributed by atoms with E-state index in [2.05, 4.69) is 21.9 Å². The molecule has 1 aromatic carbocycles. The van der Waals surface area contributed by atoms with Gasteiger partial charge in [-0.3, -0.25) is 9.69 Å². The van der Waals surface area contributed by atoms with E-state index < -0.39 is 0 Å². The molecule has 4 saturated heterocycles. The van der Waals surface area contributed by atoms with E-state index in [1.54, 1.807) is 7.11 Å². The average Bonchev–Trinajstić information content (AvgIpc) is 3.09. The molecule has 3 atom stereocenters. The van der Waals surface area contributed by atoms with Gasteiger partial charge in [-0.2, -0.15) is 0 Å². The smallest absolute Gasteiger partial charge is 0.226 e. The van der Waals surface area contributed by atoms with Gasteiger partial charge >= 0.3 is 0 Å². The highest BCUT2D eigenvalue weighted by Crippen LogP contribution is 2.48. The topological polar surface area (TPSA) is 32.8 Å². The number of allylic oxidation sites excluding steroid dienone is 1. The van der Waals surface area contributed by atoms with Crippen molar-refractivity contribution in [2.24, 2.45) is 5.92 Å². The Bertz CT molecular complexity index is 664. The minimum Gasteiger partial charge on any atom is -0.496 e. The highest BCUT2D eigenvalue weighted by atomic mass is 16.5. The molecule has 4 aliphatic rings. The summed E-state index contributed by atoms with van der Waals surface area (Å²) in [5, 5.41) is 0. The minimum absolute atomic E-state index is 0.277. The summed E-state index contributed by atoms with van der Waals surface area (Å²) in [6.07, 6.45) is 6.93.